The van der Waals surface area contributed by atoms with E-state index >= 15 is 0 Å². The molecule has 0 aliphatic heterocycles. The van der Waals surface area contributed by atoms with Crippen molar-refractivity contribution in [3.63, 3.8) is 0 Å². The average Bonchev–Trinajstić information content (AvgIpc) is 2.57. The molecule has 0 fully saturated rings. The van der Waals surface area contributed by atoms with E-state index in [1.54, 1.807) is 64.1 Å². The minimum absolute atomic E-state index is 0.000639. The SMILES string of the molecule is [C-]#[N+]C(C)(C)c1cccc(C(=O)Nc2ccc(C)c([N+](=O)[O-])c2C)c1. The summed E-state index contributed by atoms with van der Waals surface area (Å²) in [5, 5.41) is 13.9. The lowest BCUT2D eigenvalue weighted by Crippen LogP contribution is -2.16. The summed E-state index contributed by atoms with van der Waals surface area (Å²) in [6, 6.07) is 10.1. The molecule has 0 saturated heterocycles. The fraction of sp³-hybridized carbons (Fsp3) is 0.263. The Hall–Kier alpha value is -3.20. The van der Waals surface area contributed by atoms with Crippen molar-refractivity contribution in [3.8, 4) is 0 Å². The van der Waals surface area contributed by atoms with Crippen molar-refractivity contribution in [2.75, 3.05) is 5.32 Å². The number of aryl methyl sites for hydroxylation is 1. The second-order valence-electron chi connectivity index (χ2n) is 6.37. The number of amides is 1. The zero-order valence-electron chi connectivity index (χ0n) is 14.6. The molecule has 1 N–H and O–H groups in total. The van der Waals surface area contributed by atoms with E-state index < -0.39 is 10.5 Å². The van der Waals surface area contributed by atoms with Gasteiger partial charge in [-0.25, -0.2) is 6.57 Å². The summed E-state index contributed by atoms with van der Waals surface area (Å²) in [6.07, 6.45) is 0. The van der Waals surface area contributed by atoms with Crippen LogP contribution in [0.25, 0.3) is 4.85 Å². The third-order valence-corrected chi connectivity index (χ3v) is 4.17. The molecule has 2 rings (SSSR count). The lowest BCUT2D eigenvalue weighted by Gasteiger charge is -2.14. The molecule has 0 aliphatic rings. The average molecular weight is 337 g/mol. The lowest BCUT2D eigenvalue weighted by atomic mass is 9.93. The highest BCUT2D eigenvalue weighted by molar-refractivity contribution is 6.05. The van der Waals surface area contributed by atoms with Crippen LogP contribution in [0.4, 0.5) is 11.4 Å². The van der Waals surface area contributed by atoms with Crippen LogP contribution in [0.3, 0.4) is 0 Å². The van der Waals surface area contributed by atoms with Gasteiger partial charge in [-0.2, -0.15) is 0 Å². The van der Waals surface area contributed by atoms with Gasteiger partial charge in [-0.1, -0.05) is 18.2 Å². The number of benzene rings is 2. The highest BCUT2D eigenvalue weighted by atomic mass is 16.6. The summed E-state index contributed by atoms with van der Waals surface area (Å²) in [7, 11) is 0. The molecule has 1 amide bonds. The summed E-state index contributed by atoms with van der Waals surface area (Å²) in [5.41, 5.74) is 1.77. The zero-order chi connectivity index (χ0) is 18.8. The van der Waals surface area contributed by atoms with Gasteiger partial charge in [-0.05, 0) is 32.0 Å². The molecule has 0 heterocycles. The Morgan fingerprint density at radius 1 is 1.24 bits per heavy atom. The first-order valence-electron chi connectivity index (χ1n) is 7.72. The van der Waals surface area contributed by atoms with Gasteiger partial charge in [0.05, 0.1) is 16.2 Å². The van der Waals surface area contributed by atoms with Crippen LogP contribution in [0.2, 0.25) is 0 Å². The van der Waals surface area contributed by atoms with Gasteiger partial charge < -0.3 is 10.2 Å². The van der Waals surface area contributed by atoms with E-state index in [-0.39, 0.29) is 11.6 Å². The van der Waals surface area contributed by atoms with Crippen LogP contribution >= 0.6 is 0 Å². The molecular formula is C19H19N3O3. The minimum Gasteiger partial charge on any atom is -0.321 e. The van der Waals surface area contributed by atoms with Gasteiger partial charge in [0.25, 0.3) is 17.1 Å². The van der Waals surface area contributed by atoms with Crippen LogP contribution in [0.1, 0.15) is 40.9 Å². The van der Waals surface area contributed by atoms with E-state index in [0.29, 0.717) is 22.4 Å². The molecule has 0 unspecified atom stereocenters. The van der Waals surface area contributed by atoms with Crippen molar-refractivity contribution in [2.45, 2.75) is 33.2 Å². The minimum atomic E-state index is -0.727. The molecule has 0 spiro atoms. The predicted octanol–water partition coefficient (Wildman–Crippen LogP) is 4.62. The molecule has 0 radical (unpaired) electrons. The van der Waals surface area contributed by atoms with E-state index in [0.717, 1.165) is 5.56 Å². The number of hydrogen-bond donors (Lipinski definition) is 1. The Balaban J connectivity index is 2.36. The largest absolute Gasteiger partial charge is 0.321 e. The maximum absolute atomic E-state index is 12.5. The van der Waals surface area contributed by atoms with Crippen LogP contribution in [0, 0.1) is 30.5 Å². The third kappa shape index (κ3) is 3.66. The van der Waals surface area contributed by atoms with Crippen molar-refractivity contribution in [3.05, 3.63) is 80.2 Å². The molecule has 2 aromatic rings. The zero-order valence-corrected chi connectivity index (χ0v) is 14.6. The van der Waals surface area contributed by atoms with Gasteiger partial charge >= 0.3 is 0 Å². The summed E-state index contributed by atoms with van der Waals surface area (Å²) in [6.45, 7) is 14.1. The summed E-state index contributed by atoms with van der Waals surface area (Å²) in [5.74, 6) is -0.371. The topological polar surface area (TPSA) is 76.6 Å². The Kier molecular flexibility index (Phi) is 4.89. The van der Waals surface area contributed by atoms with Gasteiger partial charge in [0, 0.05) is 30.5 Å². The van der Waals surface area contributed by atoms with Gasteiger partial charge in [0.15, 0.2) is 0 Å². The molecule has 0 aliphatic carbocycles. The Morgan fingerprint density at radius 3 is 2.52 bits per heavy atom. The molecule has 6 heteroatoms. The maximum atomic E-state index is 12.5. The molecule has 128 valence electrons. The smallest absolute Gasteiger partial charge is 0.277 e. The molecule has 0 atom stereocenters. The number of carbonyl (C=O) groups is 1. The normalized spacial score (nSPS) is 10.8. The number of nitro benzene ring substituents is 1. The Labute approximate surface area is 146 Å². The van der Waals surface area contributed by atoms with Gasteiger partial charge in [0.1, 0.15) is 0 Å². The molecule has 0 bridgehead atoms. The van der Waals surface area contributed by atoms with Gasteiger partial charge in [-0.3, -0.25) is 14.9 Å². The number of nitrogens with zero attached hydrogens (tertiary/aromatic N) is 2. The fourth-order valence-electron chi connectivity index (χ4n) is 2.55. The number of hydrogen-bond acceptors (Lipinski definition) is 3. The van der Waals surface area contributed by atoms with E-state index in [1.165, 1.54) is 0 Å². The van der Waals surface area contributed by atoms with E-state index in [9.17, 15) is 14.9 Å². The second kappa shape index (κ2) is 6.73. The van der Waals surface area contributed by atoms with E-state index in [1.807, 2.05) is 0 Å². The molecule has 2 aromatic carbocycles. The Bertz CT molecular complexity index is 895. The van der Waals surface area contributed by atoms with Crippen LogP contribution in [0.15, 0.2) is 36.4 Å². The maximum Gasteiger partial charge on any atom is 0.277 e. The number of anilines is 1. The van der Waals surface area contributed by atoms with E-state index in [2.05, 4.69) is 10.2 Å². The van der Waals surface area contributed by atoms with Gasteiger partial charge in [-0.15, -0.1) is 0 Å². The first-order chi connectivity index (χ1) is 11.7. The fourth-order valence-corrected chi connectivity index (χ4v) is 2.55. The number of nitrogens with one attached hydrogen (secondary N) is 1. The van der Waals surface area contributed by atoms with Gasteiger partial charge in [0.2, 0.25) is 0 Å². The number of rotatable bonds is 4. The first-order valence-corrected chi connectivity index (χ1v) is 7.72. The van der Waals surface area contributed by atoms with Crippen LogP contribution in [-0.4, -0.2) is 10.8 Å². The van der Waals surface area contributed by atoms with Crippen molar-refractivity contribution in [1.82, 2.24) is 0 Å². The molecule has 0 aromatic heterocycles. The van der Waals surface area contributed by atoms with Crippen molar-refractivity contribution in [2.24, 2.45) is 0 Å². The summed E-state index contributed by atoms with van der Waals surface area (Å²) < 4.78 is 0. The monoisotopic (exact) mass is 337 g/mol. The summed E-state index contributed by atoms with van der Waals surface area (Å²) in [4.78, 5) is 26.9. The third-order valence-electron chi connectivity index (χ3n) is 4.17. The summed E-state index contributed by atoms with van der Waals surface area (Å²) >= 11 is 0. The van der Waals surface area contributed by atoms with Crippen molar-refractivity contribution < 1.29 is 9.72 Å². The van der Waals surface area contributed by atoms with Crippen LogP contribution < -0.4 is 5.32 Å². The molecule has 0 saturated carbocycles. The van der Waals surface area contributed by atoms with Crippen LogP contribution in [-0.2, 0) is 5.54 Å². The number of nitro groups is 1. The molecule has 25 heavy (non-hydrogen) atoms. The van der Waals surface area contributed by atoms with Crippen molar-refractivity contribution in [1.29, 1.82) is 0 Å². The van der Waals surface area contributed by atoms with Crippen LogP contribution in [0.5, 0.6) is 0 Å². The Morgan fingerprint density at radius 2 is 1.92 bits per heavy atom. The van der Waals surface area contributed by atoms with E-state index in [4.69, 9.17) is 6.57 Å². The number of carbonyl (C=O) groups excluding carboxylic acids is 1. The highest BCUT2D eigenvalue weighted by Crippen LogP contribution is 2.30. The highest BCUT2D eigenvalue weighted by Gasteiger charge is 2.26. The standard InChI is InChI=1S/C19H19N3O3/c1-12-9-10-16(13(2)17(12)22(24)25)21-18(23)14-7-6-8-15(11-14)19(3,4)20-5/h6-11H,1-4H3,(H,21,23). The first kappa shape index (κ1) is 18.1. The second-order valence-corrected chi connectivity index (χ2v) is 6.37. The molecule has 6 nitrogen and oxygen atoms in total. The van der Waals surface area contributed by atoms with Crippen molar-refractivity contribution >= 4 is 17.3 Å². The quantitative estimate of drug-likeness (QED) is 0.502. The predicted molar refractivity (Wildman–Crippen MR) is 96.6 cm³/mol. The lowest BCUT2D eigenvalue weighted by molar-refractivity contribution is -0.386. The molecular weight excluding hydrogens is 318 g/mol.